The van der Waals surface area contributed by atoms with E-state index >= 15 is 0 Å². The van der Waals surface area contributed by atoms with E-state index in [9.17, 15) is 4.79 Å². The first-order chi connectivity index (χ1) is 3.80. The number of carbonyl (C=O) groups excluding carboxylic acids is 1. The van der Waals surface area contributed by atoms with Gasteiger partial charge in [0.25, 0.3) is 0 Å². The zero-order chi connectivity index (χ0) is 6.57. The molecule has 1 aliphatic heterocycles. The zero-order valence-corrected chi connectivity index (χ0v) is 5.77. The normalized spacial score (nSPS) is 16.4. The van der Waals surface area contributed by atoms with E-state index in [-0.39, 0.29) is 5.91 Å². The average Bonchev–Trinajstić information content (AvgIpc) is 1.88. The first kappa shape index (κ1) is 7.47. The molecule has 1 heterocycles. The fourth-order valence-corrected chi connectivity index (χ4v) is 0.427. The lowest BCUT2D eigenvalue weighted by Gasteiger charge is -2.24. The lowest BCUT2D eigenvalue weighted by molar-refractivity contribution is -0.137. The molecule has 0 atom stereocenters. The maximum atomic E-state index is 10.2. The molecule has 8 heavy (non-hydrogen) atoms. The van der Waals surface area contributed by atoms with E-state index in [4.69, 9.17) is 0 Å². The summed E-state index contributed by atoms with van der Waals surface area (Å²) >= 11 is 0. The number of amides is 1. The lowest BCUT2D eigenvalue weighted by Crippen LogP contribution is -2.39. The first-order valence-corrected chi connectivity index (χ1v) is 3.04. The van der Waals surface area contributed by atoms with Crippen molar-refractivity contribution in [1.82, 2.24) is 4.90 Å². The van der Waals surface area contributed by atoms with E-state index in [1.807, 2.05) is 20.9 Å². The largest absolute Gasteiger partial charge is 0.345 e. The van der Waals surface area contributed by atoms with E-state index in [0.717, 1.165) is 13.0 Å². The third-order valence-corrected chi connectivity index (χ3v) is 1.09. The summed E-state index contributed by atoms with van der Waals surface area (Å²) in [5, 5.41) is 0. The molecule has 1 saturated heterocycles. The summed E-state index contributed by atoms with van der Waals surface area (Å²) in [5.74, 6) is 0.273. The van der Waals surface area contributed by atoms with Crippen LogP contribution < -0.4 is 0 Å². The molecule has 2 heteroatoms. The lowest BCUT2D eigenvalue weighted by atomic mass is 10.2. The summed E-state index contributed by atoms with van der Waals surface area (Å²) in [5.41, 5.74) is 0. The fourth-order valence-electron chi connectivity index (χ4n) is 0.427. The monoisotopic (exact) mass is 115 g/mol. The second-order valence-electron chi connectivity index (χ2n) is 1.57. The molecule has 1 fully saturated rings. The van der Waals surface area contributed by atoms with Gasteiger partial charge in [-0.3, -0.25) is 4.79 Å². The maximum Gasteiger partial charge on any atom is 0.224 e. The predicted molar refractivity (Wildman–Crippen MR) is 33.6 cm³/mol. The molecule has 1 rings (SSSR count). The molecule has 0 aromatic rings. The molecule has 1 amide bonds. The molecule has 0 aromatic carbocycles. The van der Waals surface area contributed by atoms with Gasteiger partial charge in [-0.1, -0.05) is 13.8 Å². The van der Waals surface area contributed by atoms with Gasteiger partial charge in [0.15, 0.2) is 0 Å². The van der Waals surface area contributed by atoms with Crippen molar-refractivity contribution in [2.75, 3.05) is 13.6 Å². The van der Waals surface area contributed by atoms with E-state index in [0.29, 0.717) is 0 Å². The van der Waals surface area contributed by atoms with Gasteiger partial charge in [0, 0.05) is 20.0 Å². The van der Waals surface area contributed by atoms with Crippen LogP contribution in [0, 0.1) is 0 Å². The van der Waals surface area contributed by atoms with Crippen molar-refractivity contribution in [2.45, 2.75) is 20.3 Å². The van der Waals surface area contributed by atoms with Gasteiger partial charge in [0.2, 0.25) is 5.91 Å². The molecule has 0 aromatic heterocycles. The van der Waals surface area contributed by atoms with Crippen LogP contribution in [0.5, 0.6) is 0 Å². The van der Waals surface area contributed by atoms with Crippen LogP contribution in [-0.2, 0) is 4.79 Å². The summed E-state index contributed by atoms with van der Waals surface area (Å²) in [6.07, 6.45) is 0.760. The molecule has 0 aliphatic carbocycles. The molecular formula is C6H13NO. The van der Waals surface area contributed by atoms with Crippen molar-refractivity contribution < 1.29 is 4.79 Å². The third-order valence-electron chi connectivity index (χ3n) is 1.09. The van der Waals surface area contributed by atoms with Gasteiger partial charge in [-0.05, 0) is 0 Å². The summed E-state index contributed by atoms with van der Waals surface area (Å²) in [6, 6.07) is 0. The van der Waals surface area contributed by atoms with Crippen LogP contribution >= 0.6 is 0 Å². The molecular weight excluding hydrogens is 102 g/mol. The number of carbonyl (C=O) groups is 1. The van der Waals surface area contributed by atoms with Crippen molar-refractivity contribution in [3.63, 3.8) is 0 Å². The van der Waals surface area contributed by atoms with Gasteiger partial charge >= 0.3 is 0 Å². The highest BCUT2D eigenvalue weighted by molar-refractivity contribution is 5.81. The number of nitrogens with zero attached hydrogens (tertiary/aromatic N) is 1. The highest BCUT2D eigenvalue weighted by Gasteiger charge is 2.17. The van der Waals surface area contributed by atoms with Gasteiger partial charge in [-0.15, -0.1) is 0 Å². The Morgan fingerprint density at radius 1 is 1.50 bits per heavy atom. The van der Waals surface area contributed by atoms with Crippen LogP contribution in [0.2, 0.25) is 0 Å². The van der Waals surface area contributed by atoms with E-state index in [1.54, 1.807) is 4.90 Å². The minimum atomic E-state index is 0.273. The molecule has 0 unspecified atom stereocenters. The molecule has 1 aliphatic rings. The summed E-state index contributed by atoms with van der Waals surface area (Å²) in [7, 11) is 1.81. The Bertz CT molecular complexity index is 80.6. The van der Waals surface area contributed by atoms with Gasteiger partial charge in [0.05, 0.1) is 0 Å². The average molecular weight is 115 g/mol. The molecule has 48 valence electrons. The summed E-state index contributed by atoms with van der Waals surface area (Å²) in [4.78, 5) is 11.9. The Balaban J connectivity index is 0.000000222. The van der Waals surface area contributed by atoms with Crippen molar-refractivity contribution in [1.29, 1.82) is 0 Å². The second-order valence-corrected chi connectivity index (χ2v) is 1.57. The second kappa shape index (κ2) is 3.47. The molecule has 2 nitrogen and oxygen atoms in total. The molecule has 0 N–H and O–H groups in total. The fraction of sp³-hybridized carbons (Fsp3) is 0.833. The predicted octanol–water partition coefficient (Wildman–Crippen LogP) is 0.875. The number of likely N-dealkylation sites (tertiary alicyclic amines) is 1. The zero-order valence-electron chi connectivity index (χ0n) is 5.77. The van der Waals surface area contributed by atoms with Crippen molar-refractivity contribution in [3.8, 4) is 0 Å². The van der Waals surface area contributed by atoms with Gasteiger partial charge in [-0.25, -0.2) is 0 Å². The van der Waals surface area contributed by atoms with Crippen LogP contribution in [0.1, 0.15) is 20.3 Å². The highest BCUT2D eigenvalue weighted by atomic mass is 16.2. The van der Waals surface area contributed by atoms with Crippen LogP contribution in [0.4, 0.5) is 0 Å². The quantitative estimate of drug-likeness (QED) is 0.429. The smallest absolute Gasteiger partial charge is 0.224 e. The minimum Gasteiger partial charge on any atom is -0.345 e. The Labute approximate surface area is 50.5 Å². The maximum absolute atomic E-state index is 10.2. The van der Waals surface area contributed by atoms with E-state index in [1.165, 1.54) is 0 Å². The first-order valence-electron chi connectivity index (χ1n) is 3.04. The Hall–Kier alpha value is -0.530. The van der Waals surface area contributed by atoms with Crippen molar-refractivity contribution in [2.24, 2.45) is 0 Å². The Kier molecular flexibility index (Phi) is 3.24. The molecule has 0 spiro atoms. The van der Waals surface area contributed by atoms with Crippen LogP contribution in [0.15, 0.2) is 0 Å². The van der Waals surface area contributed by atoms with E-state index < -0.39 is 0 Å². The third kappa shape index (κ3) is 1.52. The summed E-state index contributed by atoms with van der Waals surface area (Å²) in [6.45, 7) is 4.96. The Morgan fingerprint density at radius 2 is 1.88 bits per heavy atom. The van der Waals surface area contributed by atoms with Gasteiger partial charge in [0.1, 0.15) is 0 Å². The number of β-lactam (4-membered cyclic amide) rings is 1. The van der Waals surface area contributed by atoms with Crippen LogP contribution in [0.3, 0.4) is 0 Å². The van der Waals surface area contributed by atoms with E-state index in [2.05, 4.69) is 0 Å². The Morgan fingerprint density at radius 3 is 1.88 bits per heavy atom. The SMILES string of the molecule is CC.CN1CCC1=O. The number of rotatable bonds is 0. The molecule has 0 radical (unpaired) electrons. The molecule has 0 bridgehead atoms. The standard InChI is InChI=1S/C4H7NO.C2H6/c1-5-3-2-4(5)6;1-2/h2-3H2,1H3;1-2H3. The van der Waals surface area contributed by atoms with Crippen LogP contribution in [0.25, 0.3) is 0 Å². The number of hydrogen-bond donors (Lipinski definition) is 0. The minimum absolute atomic E-state index is 0.273. The molecule has 0 saturated carbocycles. The topological polar surface area (TPSA) is 20.3 Å². The van der Waals surface area contributed by atoms with Crippen molar-refractivity contribution in [3.05, 3.63) is 0 Å². The van der Waals surface area contributed by atoms with Crippen LogP contribution in [-0.4, -0.2) is 24.4 Å². The highest BCUT2D eigenvalue weighted by Crippen LogP contribution is 2.01. The summed E-state index contributed by atoms with van der Waals surface area (Å²) < 4.78 is 0. The number of hydrogen-bond acceptors (Lipinski definition) is 1. The van der Waals surface area contributed by atoms with Gasteiger partial charge in [-0.2, -0.15) is 0 Å². The van der Waals surface area contributed by atoms with Crippen molar-refractivity contribution >= 4 is 5.91 Å². The van der Waals surface area contributed by atoms with Gasteiger partial charge < -0.3 is 4.90 Å².